The normalized spacial score (nSPS) is 34.4. The highest BCUT2D eigenvalue weighted by Gasteiger charge is 2.39. The van der Waals surface area contributed by atoms with Crippen molar-refractivity contribution in [2.45, 2.75) is 50.7 Å². The van der Waals surface area contributed by atoms with Gasteiger partial charge >= 0.3 is 0 Å². The topological polar surface area (TPSA) is 37.4 Å². The Morgan fingerprint density at radius 3 is 1.71 bits per heavy atom. The van der Waals surface area contributed by atoms with E-state index in [1.807, 2.05) is 13.8 Å². The van der Waals surface area contributed by atoms with Gasteiger partial charge in [-0.05, 0) is 34.6 Å². The van der Waals surface area contributed by atoms with Crippen LogP contribution in [-0.4, -0.2) is 42.4 Å². The summed E-state index contributed by atoms with van der Waals surface area (Å²) < 4.78 is 23.5. The van der Waals surface area contributed by atoms with Crippen LogP contribution in [0.4, 0.5) is 0 Å². The van der Waals surface area contributed by atoms with E-state index in [1.54, 1.807) is 0 Å². The van der Waals surface area contributed by atoms with Crippen molar-refractivity contribution in [2.75, 3.05) is 13.1 Å². The van der Waals surface area contributed by atoms with Crippen LogP contribution in [0.5, 0.6) is 0 Å². The van der Waals surface area contributed by atoms with Gasteiger partial charge in [-0.3, -0.25) is 4.90 Å². The third-order valence-corrected chi connectivity index (χ3v) is 5.57. The molecule has 0 aromatic rings. The largest absolute Gasteiger partial charge is 0.296 e. The molecule has 4 heteroatoms. The Labute approximate surface area is 87.4 Å². The fraction of sp³-hybridized carbons (Fsp3) is 1.00. The molecule has 0 N–H and O–H groups in total. The molecule has 0 radical (unpaired) electrons. The lowest BCUT2D eigenvalue weighted by atomic mass is 10.1. The van der Waals surface area contributed by atoms with E-state index in [4.69, 9.17) is 0 Å². The van der Waals surface area contributed by atoms with Crippen LogP contribution in [0.2, 0.25) is 0 Å². The van der Waals surface area contributed by atoms with Gasteiger partial charge in [-0.1, -0.05) is 0 Å². The van der Waals surface area contributed by atoms with E-state index in [0.717, 1.165) is 0 Å². The first-order valence-corrected chi connectivity index (χ1v) is 6.74. The van der Waals surface area contributed by atoms with Crippen molar-refractivity contribution in [1.82, 2.24) is 4.90 Å². The molecular weight excluding hydrogens is 198 g/mol. The molecule has 84 valence electrons. The Hall–Kier alpha value is -0.0900. The van der Waals surface area contributed by atoms with Crippen molar-refractivity contribution in [2.24, 2.45) is 0 Å². The Balaban J connectivity index is 2.87. The minimum atomic E-state index is -2.88. The molecule has 0 spiro atoms. The molecule has 0 aromatic heterocycles. The van der Waals surface area contributed by atoms with Gasteiger partial charge in [-0.15, -0.1) is 0 Å². The van der Waals surface area contributed by atoms with E-state index in [1.165, 1.54) is 0 Å². The fourth-order valence-electron chi connectivity index (χ4n) is 1.85. The Bertz CT molecular complexity index is 285. The van der Waals surface area contributed by atoms with Gasteiger partial charge < -0.3 is 0 Å². The number of sulfone groups is 1. The first-order chi connectivity index (χ1) is 6.15. The summed E-state index contributed by atoms with van der Waals surface area (Å²) in [5, 5.41) is -0.462. The van der Waals surface area contributed by atoms with Gasteiger partial charge in [0.2, 0.25) is 0 Å². The molecule has 2 atom stereocenters. The van der Waals surface area contributed by atoms with Crippen LogP contribution in [0.3, 0.4) is 0 Å². The zero-order chi connectivity index (χ0) is 11.1. The summed E-state index contributed by atoms with van der Waals surface area (Å²) in [6, 6.07) is 0. The Morgan fingerprint density at radius 1 is 1.07 bits per heavy atom. The van der Waals surface area contributed by atoms with Crippen molar-refractivity contribution < 1.29 is 8.42 Å². The molecule has 2 unspecified atom stereocenters. The third kappa shape index (κ3) is 2.11. The van der Waals surface area contributed by atoms with Gasteiger partial charge in [0, 0.05) is 18.6 Å². The maximum Gasteiger partial charge on any atom is 0.157 e. The zero-order valence-electron chi connectivity index (χ0n) is 9.74. The van der Waals surface area contributed by atoms with Crippen molar-refractivity contribution in [1.29, 1.82) is 0 Å². The summed E-state index contributed by atoms with van der Waals surface area (Å²) in [4.78, 5) is 2.25. The summed E-state index contributed by atoms with van der Waals surface area (Å²) in [6.45, 7) is 11.3. The van der Waals surface area contributed by atoms with Crippen LogP contribution < -0.4 is 0 Å². The predicted octanol–water partition coefficient (Wildman–Crippen LogP) is 1.29. The van der Waals surface area contributed by atoms with E-state index in [9.17, 15) is 8.42 Å². The van der Waals surface area contributed by atoms with E-state index < -0.39 is 9.84 Å². The fourth-order valence-corrected chi connectivity index (χ4v) is 3.42. The number of rotatable bonds is 0. The lowest BCUT2D eigenvalue weighted by Gasteiger charge is -2.42. The monoisotopic (exact) mass is 219 g/mol. The van der Waals surface area contributed by atoms with Crippen LogP contribution in [0.25, 0.3) is 0 Å². The summed E-state index contributed by atoms with van der Waals surface area (Å²) in [6.07, 6.45) is 0. The van der Waals surface area contributed by atoms with Crippen molar-refractivity contribution in [3.63, 3.8) is 0 Å². The summed E-state index contributed by atoms with van der Waals surface area (Å²) >= 11 is 0. The maximum atomic E-state index is 11.8. The van der Waals surface area contributed by atoms with Crippen molar-refractivity contribution in [3.8, 4) is 0 Å². The van der Waals surface area contributed by atoms with E-state index in [2.05, 4.69) is 25.7 Å². The quantitative estimate of drug-likeness (QED) is 0.616. The minimum absolute atomic E-state index is 0.0679. The number of hydrogen-bond donors (Lipinski definition) is 0. The number of hydrogen-bond acceptors (Lipinski definition) is 3. The van der Waals surface area contributed by atoms with Crippen molar-refractivity contribution in [3.05, 3.63) is 0 Å². The smallest absolute Gasteiger partial charge is 0.157 e. The van der Waals surface area contributed by atoms with Crippen LogP contribution >= 0.6 is 0 Å². The molecule has 0 amide bonds. The average molecular weight is 219 g/mol. The maximum absolute atomic E-state index is 11.8. The summed E-state index contributed by atoms with van der Waals surface area (Å²) in [5.74, 6) is 0. The van der Waals surface area contributed by atoms with Gasteiger partial charge in [0.1, 0.15) is 0 Å². The molecule has 3 nitrogen and oxygen atoms in total. The molecular formula is C10H21NO2S. The molecule has 14 heavy (non-hydrogen) atoms. The van der Waals surface area contributed by atoms with Crippen molar-refractivity contribution >= 4 is 9.84 Å². The minimum Gasteiger partial charge on any atom is -0.296 e. The Kier molecular flexibility index (Phi) is 2.99. The van der Waals surface area contributed by atoms with E-state index in [0.29, 0.717) is 13.1 Å². The van der Waals surface area contributed by atoms with Crippen LogP contribution in [0, 0.1) is 0 Å². The van der Waals surface area contributed by atoms with Crippen LogP contribution in [0.15, 0.2) is 0 Å². The predicted molar refractivity (Wildman–Crippen MR) is 59.2 cm³/mol. The Morgan fingerprint density at radius 2 is 1.43 bits per heavy atom. The first kappa shape index (κ1) is 12.0. The van der Waals surface area contributed by atoms with Gasteiger partial charge in [-0.25, -0.2) is 8.42 Å². The van der Waals surface area contributed by atoms with E-state index in [-0.39, 0.29) is 16.0 Å². The second kappa shape index (κ2) is 3.49. The highest BCUT2D eigenvalue weighted by Crippen LogP contribution is 2.24. The molecule has 0 saturated carbocycles. The van der Waals surface area contributed by atoms with Crippen LogP contribution in [0.1, 0.15) is 34.6 Å². The highest BCUT2D eigenvalue weighted by molar-refractivity contribution is 7.92. The van der Waals surface area contributed by atoms with Crippen LogP contribution in [-0.2, 0) is 9.84 Å². The van der Waals surface area contributed by atoms with Gasteiger partial charge in [-0.2, -0.15) is 0 Å². The van der Waals surface area contributed by atoms with Gasteiger partial charge in [0.15, 0.2) is 9.84 Å². The molecule has 1 saturated heterocycles. The molecule has 0 aromatic carbocycles. The highest BCUT2D eigenvalue weighted by atomic mass is 32.2. The second-order valence-electron chi connectivity index (χ2n) is 5.29. The SMILES string of the molecule is CC1CN(C(C)(C)C)CC(C)S1(=O)=O. The second-order valence-corrected chi connectivity index (χ2v) is 8.07. The average Bonchev–Trinajstić information content (AvgIpc) is 1.98. The van der Waals surface area contributed by atoms with E-state index >= 15 is 0 Å². The molecule has 0 aliphatic carbocycles. The summed E-state index contributed by atoms with van der Waals surface area (Å²) in [5.41, 5.74) is 0.0679. The molecule has 1 heterocycles. The van der Waals surface area contributed by atoms with Gasteiger partial charge in [0.25, 0.3) is 0 Å². The number of nitrogens with zero attached hydrogens (tertiary/aromatic N) is 1. The molecule has 1 rings (SSSR count). The summed E-state index contributed by atoms with van der Waals surface area (Å²) in [7, 11) is -2.88. The molecule has 1 aliphatic rings. The first-order valence-electron chi connectivity index (χ1n) is 5.13. The zero-order valence-corrected chi connectivity index (χ0v) is 10.6. The van der Waals surface area contributed by atoms with Gasteiger partial charge in [0.05, 0.1) is 10.5 Å². The standard InChI is InChI=1S/C10H21NO2S/c1-8-6-11(10(3,4)5)7-9(2)14(8,12)13/h8-9H,6-7H2,1-5H3. The molecule has 0 bridgehead atoms. The lowest BCUT2D eigenvalue weighted by Crippen LogP contribution is -2.56. The third-order valence-electron chi connectivity index (χ3n) is 3.03. The molecule has 1 fully saturated rings. The molecule has 1 aliphatic heterocycles. The lowest BCUT2D eigenvalue weighted by molar-refractivity contribution is 0.130.